The van der Waals surface area contributed by atoms with Crippen LogP contribution in [0.15, 0.2) is 47.3 Å². The Labute approximate surface area is 166 Å². The quantitative estimate of drug-likeness (QED) is 0.489. The third kappa shape index (κ3) is 4.12. The molecule has 6 nitrogen and oxygen atoms in total. The van der Waals surface area contributed by atoms with Crippen molar-refractivity contribution in [3.05, 3.63) is 63.3 Å². The summed E-state index contributed by atoms with van der Waals surface area (Å²) in [6.45, 7) is 0.948. The molecule has 1 fully saturated rings. The lowest BCUT2D eigenvalue weighted by molar-refractivity contribution is 0.0249. The number of aliphatic hydroxyl groups excluding tert-OH is 1. The van der Waals surface area contributed by atoms with Crippen LogP contribution in [-0.4, -0.2) is 33.9 Å². The van der Waals surface area contributed by atoms with E-state index in [2.05, 4.69) is 22.4 Å². The standard InChI is InChI=1S/C21H24N2O4S/c24-16-10-9-14(20-19(16)23-21(26)28-20)17(25)11-22-15-7-4-8-18(15)27-12-13-5-2-1-3-6-13/h1-3,5-6,9-10,15,17-18,22,24-25H,4,7-8,11-12H2,(H,23,26)/t15-,17?,18+/m0/s1. The van der Waals surface area contributed by atoms with Gasteiger partial charge in [0.1, 0.15) is 11.3 Å². The number of rotatable bonds is 7. The van der Waals surface area contributed by atoms with Gasteiger partial charge in [0.25, 0.3) is 0 Å². The number of aliphatic hydroxyl groups is 1. The summed E-state index contributed by atoms with van der Waals surface area (Å²) in [6.07, 6.45) is 2.45. The second-order valence-corrected chi connectivity index (χ2v) is 8.17. The van der Waals surface area contributed by atoms with Crippen LogP contribution in [0.2, 0.25) is 0 Å². The van der Waals surface area contributed by atoms with E-state index < -0.39 is 6.10 Å². The second-order valence-electron chi connectivity index (χ2n) is 7.19. The molecule has 0 bridgehead atoms. The van der Waals surface area contributed by atoms with Crippen LogP contribution in [0.4, 0.5) is 0 Å². The molecule has 1 aliphatic carbocycles. The number of phenols is 1. The number of hydrogen-bond donors (Lipinski definition) is 4. The van der Waals surface area contributed by atoms with Crippen molar-refractivity contribution in [1.82, 2.24) is 10.3 Å². The number of hydrogen-bond acceptors (Lipinski definition) is 6. The van der Waals surface area contributed by atoms with Crippen LogP contribution in [-0.2, 0) is 11.3 Å². The molecule has 7 heteroatoms. The van der Waals surface area contributed by atoms with Crippen molar-refractivity contribution >= 4 is 21.6 Å². The normalized spacial score (nSPS) is 20.6. The fourth-order valence-corrected chi connectivity index (χ4v) is 4.73. The summed E-state index contributed by atoms with van der Waals surface area (Å²) in [6, 6.07) is 13.5. The van der Waals surface area contributed by atoms with E-state index in [0.717, 1.165) is 36.2 Å². The van der Waals surface area contributed by atoms with Crippen molar-refractivity contribution in [2.24, 2.45) is 0 Å². The number of aromatic nitrogens is 1. The zero-order valence-electron chi connectivity index (χ0n) is 15.4. The Morgan fingerprint density at radius 2 is 2.04 bits per heavy atom. The van der Waals surface area contributed by atoms with E-state index in [1.165, 1.54) is 6.07 Å². The zero-order valence-corrected chi connectivity index (χ0v) is 16.2. The summed E-state index contributed by atoms with van der Waals surface area (Å²) in [7, 11) is 0. The molecule has 3 atom stereocenters. The van der Waals surface area contributed by atoms with E-state index >= 15 is 0 Å². The van der Waals surface area contributed by atoms with Crippen molar-refractivity contribution in [2.75, 3.05) is 6.54 Å². The Morgan fingerprint density at radius 3 is 2.86 bits per heavy atom. The smallest absolute Gasteiger partial charge is 0.305 e. The third-order valence-corrected chi connectivity index (χ3v) is 6.21. The minimum Gasteiger partial charge on any atom is -0.506 e. The SMILES string of the molecule is O=c1[nH]c2c(O)ccc(C(O)CN[C@H]3CCC[C@H]3OCc3ccccc3)c2s1. The van der Waals surface area contributed by atoms with Crippen LogP contribution in [0.25, 0.3) is 10.2 Å². The van der Waals surface area contributed by atoms with Gasteiger partial charge in [-0.15, -0.1) is 0 Å². The summed E-state index contributed by atoms with van der Waals surface area (Å²) in [5.74, 6) is 0.0161. The Kier molecular flexibility index (Phi) is 5.77. The molecule has 0 spiro atoms. The van der Waals surface area contributed by atoms with Crippen LogP contribution in [0, 0.1) is 0 Å². The van der Waals surface area contributed by atoms with E-state index in [1.54, 1.807) is 6.07 Å². The van der Waals surface area contributed by atoms with Gasteiger partial charge in [-0.05, 0) is 30.9 Å². The minimum atomic E-state index is -0.773. The number of thiazole rings is 1. The molecule has 2 aromatic carbocycles. The summed E-state index contributed by atoms with van der Waals surface area (Å²) in [5.41, 5.74) is 2.18. The molecule has 1 saturated carbocycles. The number of ether oxygens (including phenoxy) is 1. The third-order valence-electron chi connectivity index (χ3n) is 5.28. The molecule has 1 heterocycles. The van der Waals surface area contributed by atoms with Gasteiger partial charge in [-0.2, -0.15) is 0 Å². The van der Waals surface area contributed by atoms with Gasteiger partial charge >= 0.3 is 4.87 Å². The van der Waals surface area contributed by atoms with Crippen LogP contribution in [0.1, 0.15) is 36.5 Å². The predicted octanol–water partition coefficient (Wildman–Crippen LogP) is 3.06. The fraction of sp³-hybridized carbons (Fsp3) is 0.381. The molecule has 4 N–H and O–H groups in total. The van der Waals surface area contributed by atoms with E-state index in [4.69, 9.17) is 4.74 Å². The van der Waals surface area contributed by atoms with Gasteiger partial charge in [0.15, 0.2) is 0 Å². The first-order valence-electron chi connectivity index (χ1n) is 9.53. The van der Waals surface area contributed by atoms with Crippen molar-refractivity contribution in [1.29, 1.82) is 0 Å². The average Bonchev–Trinajstić information content (AvgIpc) is 3.32. The summed E-state index contributed by atoms with van der Waals surface area (Å²) in [4.78, 5) is 14.0. The Hall–Kier alpha value is -2.19. The lowest BCUT2D eigenvalue weighted by Crippen LogP contribution is -2.39. The Bertz CT molecular complexity index is 985. The molecule has 1 aliphatic rings. The topological polar surface area (TPSA) is 94.6 Å². The molecule has 28 heavy (non-hydrogen) atoms. The lowest BCUT2D eigenvalue weighted by Gasteiger charge is -2.23. The van der Waals surface area contributed by atoms with Crippen LogP contribution >= 0.6 is 11.3 Å². The monoisotopic (exact) mass is 400 g/mol. The van der Waals surface area contributed by atoms with Crippen LogP contribution < -0.4 is 10.2 Å². The van der Waals surface area contributed by atoms with Gasteiger partial charge in [0.2, 0.25) is 0 Å². The van der Waals surface area contributed by atoms with E-state index in [1.807, 2.05) is 18.2 Å². The molecule has 1 aromatic heterocycles. The average molecular weight is 401 g/mol. The van der Waals surface area contributed by atoms with E-state index in [0.29, 0.717) is 28.9 Å². The highest BCUT2D eigenvalue weighted by molar-refractivity contribution is 7.16. The number of benzene rings is 2. The molecule has 0 radical (unpaired) electrons. The first-order valence-corrected chi connectivity index (χ1v) is 10.3. The largest absolute Gasteiger partial charge is 0.506 e. The predicted molar refractivity (Wildman–Crippen MR) is 110 cm³/mol. The molecule has 3 aromatic rings. The molecule has 4 rings (SSSR count). The molecule has 0 saturated heterocycles. The molecule has 1 unspecified atom stereocenters. The van der Waals surface area contributed by atoms with Crippen molar-refractivity contribution in [3.63, 3.8) is 0 Å². The number of nitrogens with one attached hydrogen (secondary N) is 2. The zero-order chi connectivity index (χ0) is 19.5. The highest BCUT2D eigenvalue weighted by Crippen LogP contribution is 2.31. The Morgan fingerprint density at radius 1 is 1.21 bits per heavy atom. The minimum absolute atomic E-state index is 0.0161. The number of fused-ring (bicyclic) bond motifs is 1. The first-order chi connectivity index (χ1) is 13.6. The van der Waals surface area contributed by atoms with Crippen molar-refractivity contribution in [3.8, 4) is 5.75 Å². The highest BCUT2D eigenvalue weighted by atomic mass is 32.1. The second kappa shape index (κ2) is 8.45. The molecular weight excluding hydrogens is 376 g/mol. The molecular formula is C21H24N2O4S. The summed E-state index contributed by atoms with van der Waals surface area (Å²) >= 11 is 1.00. The molecule has 0 aliphatic heterocycles. The van der Waals surface area contributed by atoms with Gasteiger partial charge in [-0.3, -0.25) is 4.79 Å². The number of H-pyrrole nitrogens is 1. The van der Waals surface area contributed by atoms with Gasteiger partial charge in [0.05, 0.1) is 23.5 Å². The first kappa shape index (κ1) is 19.1. The number of phenolic OH excluding ortho intramolecular Hbond substituents is 1. The van der Waals surface area contributed by atoms with Gasteiger partial charge in [-0.1, -0.05) is 47.7 Å². The molecule has 0 amide bonds. The Balaban J connectivity index is 1.38. The van der Waals surface area contributed by atoms with E-state index in [-0.39, 0.29) is 22.8 Å². The van der Waals surface area contributed by atoms with Crippen molar-refractivity contribution < 1.29 is 14.9 Å². The maximum atomic E-state index is 11.7. The maximum absolute atomic E-state index is 11.7. The highest BCUT2D eigenvalue weighted by Gasteiger charge is 2.28. The van der Waals surface area contributed by atoms with Gasteiger partial charge in [0, 0.05) is 18.2 Å². The fourth-order valence-electron chi connectivity index (χ4n) is 3.81. The maximum Gasteiger partial charge on any atom is 0.305 e. The number of aromatic hydroxyl groups is 1. The van der Waals surface area contributed by atoms with Gasteiger partial charge in [-0.25, -0.2) is 0 Å². The van der Waals surface area contributed by atoms with E-state index in [9.17, 15) is 15.0 Å². The van der Waals surface area contributed by atoms with Crippen LogP contribution in [0.3, 0.4) is 0 Å². The van der Waals surface area contributed by atoms with Crippen molar-refractivity contribution in [2.45, 2.75) is 44.1 Å². The molecule has 148 valence electrons. The summed E-state index contributed by atoms with van der Waals surface area (Å²) < 4.78 is 6.71. The lowest BCUT2D eigenvalue weighted by atomic mass is 10.1. The van der Waals surface area contributed by atoms with Crippen LogP contribution in [0.5, 0.6) is 5.75 Å². The number of aromatic amines is 1. The summed E-state index contributed by atoms with van der Waals surface area (Å²) in [5, 5.41) is 24.0. The van der Waals surface area contributed by atoms with Gasteiger partial charge < -0.3 is 25.3 Å².